The third kappa shape index (κ3) is 4.41. The molecule has 0 heteroatoms. The van der Waals surface area contributed by atoms with E-state index >= 15 is 0 Å². The molecule has 0 saturated carbocycles. The topological polar surface area (TPSA) is 0 Å². The molecule has 0 radical (unpaired) electrons. The number of rotatable bonds is 5. The maximum atomic E-state index is 2.52. The van der Waals surface area contributed by atoms with Crippen LogP contribution in [0, 0.1) is 17.8 Å². The highest BCUT2D eigenvalue weighted by molar-refractivity contribution is 5.71. The minimum atomic E-state index is 0.865. The Bertz CT molecular complexity index is 587. The van der Waals surface area contributed by atoms with Crippen LogP contribution in [0.3, 0.4) is 0 Å². The summed E-state index contributed by atoms with van der Waals surface area (Å²) in [5, 5.41) is 0. The number of hydrogen-bond donors (Lipinski definition) is 0. The Morgan fingerprint density at radius 1 is 0.917 bits per heavy atom. The molecular formula is C24H34. The first-order chi connectivity index (χ1) is 11.7. The molecule has 130 valence electrons. The highest BCUT2D eigenvalue weighted by atomic mass is 14.2. The summed E-state index contributed by atoms with van der Waals surface area (Å²) < 4.78 is 0. The lowest BCUT2D eigenvalue weighted by atomic mass is 9.81. The quantitative estimate of drug-likeness (QED) is 0.526. The van der Waals surface area contributed by atoms with Crippen LogP contribution in [0.5, 0.6) is 0 Å². The fourth-order valence-corrected chi connectivity index (χ4v) is 4.23. The van der Waals surface area contributed by atoms with Crippen LogP contribution >= 0.6 is 0 Å². The van der Waals surface area contributed by atoms with Gasteiger partial charge in [-0.15, -0.1) is 0 Å². The molecule has 0 fully saturated rings. The van der Waals surface area contributed by atoms with Crippen LogP contribution in [-0.4, -0.2) is 0 Å². The third-order valence-electron chi connectivity index (χ3n) is 6.25. The van der Waals surface area contributed by atoms with Crippen LogP contribution in [0.1, 0.15) is 83.3 Å². The first kappa shape index (κ1) is 17.5. The van der Waals surface area contributed by atoms with Crippen molar-refractivity contribution < 1.29 is 0 Å². The van der Waals surface area contributed by atoms with Crippen molar-refractivity contribution in [3.8, 4) is 0 Å². The molecule has 3 rings (SSSR count). The Balaban J connectivity index is 1.62. The summed E-state index contributed by atoms with van der Waals surface area (Å²) >= 11 is 0. The molecule has 0 aromatic heterocycles. The number of allylic oxidation sites excluding steroid dienone is 4. The highest BCUT2D eigenvalue weighted by Crippen LogP contribution is 2.35. The van der Waals surface area contributed by atoms with Crippen LogP contribution in [0.2, 0.25) is 0 Å². The van der Waals surface area contributed by atoms with Gasteiger partial charge in [0.15, 0.2) is 0 Å². The van der Waals surface area contributed by atoms with E-state index in [2.05, 4.69) is 57.2 Å². The third-order valence-corrected chi connectivity index (χ3v) is 6.25. The lowest BCUT2D eigenvalue weighted by Gasteiger charge is -2.24. The van der Waals surface area contributed by atoms with Crippen molar-refractivity contribution in [1.82, 2.24) is 0 Å². The van der Waals surface area contributed by atoms with E-state index in [-0.39, 0.29) is 0 Å². The van der Waals surface area contributed by atoms with E-state index in [9.17, 15) is 0 Å². The van der Waals surface area contributed by atoms with Crippen molar-refractivity contribution in [3.63, 3.8) is 0 Å². The van der Waals surface area contributed by atoms with Crippen LogP contribution in [0.25, 0.3) is 11.1 Å². The second-order valence-corrected chi connectivity index (χ2v) is 8.31. The fourth-order valence-electron chi connectivity index (χ4n) is 4.23. The van der Waals surface area contributed by atoms with Crippen LogP contribution in [0.15, 0.2) is 36.4 Å². The van der Waals surface area contributed by atoms with Gasteiger partial charge in [0.1, 0.15) is 0 Å². The van der Waals surface area contributed by atoms with Crippen LogP contribution in [-0.2, 0) is 0 Å². The summed E-state index contributed by atoms with van der Waals surface area (Å²) in [6, 6.07) is 9.41. The molecule has 2 aliphatic rings. The minimum absolute atomic E-state index is 0.865. The summed E-state index contributed by atoms with van der Waals surface area (Å²) in [4.78, 5) is 0. The van der Waals surface area contributed by atoms with E-state index in [1.807, 2.05) is 0 Å². The molecule has 1 aromatic carbocycles. The Hall–Kier alpha value is -1.30. The molecule has 0 aliphatic heterocycles. The SMILES string of the molecule is CCC(C)CC1CC=C(c2ccc(C3=CCC(C)CC3)cc2)CC1. The largest absolute Gasteiger partial charge is 0.0805 e. The maximum absolute atomic E-state index is 2.52. The van der Waals surface area contributed by atoms with Gasteiger partial charge in [0.25, 0.3) is 0 Å². The van der Waals surface area contributed by atoms with Gasteiger partial charge >= 0.3 is 0 Å². The fraction of sp³-hybridized carbons (Fsp3) is 0.583. The lowest BCUT2D eigenvalue weighted by molar-refractivity contribution is 0.362. The molecule has 2 aliphatic carbocycles. The molecule has 0 spiro atoms. The second kappa shape index (κ2) is 8.19. The Morgan fingerprint density at radius 2 is 1.50 bits per heavy atom. The standard InChI is InChI=1S/C24H34/c1-4-18(2)17-20-7-11-22(12-8-20)24-15-13-23(14-16-24)21-9-5-19(3)6-10-21/h9,11,13-16,18-20H,4-8,10,12,17H2,1-3H3. The van der Waals surface area contributed by atoms with Gasteiger partial charge in [0.2, 0.25) is 0 Å². The monoisotopic (exact) mass is 322 g/mol. The molecule has 0 amide bonds. The predicted molar refractivity (Wildman–Crippen MR) is 107 cm³/mol. The molecule has 3 unspecified atom stereocenters. The molecule has 0 heterocycles. The average Bonchev–Trinajstić information content (AvgIpc) is 2.63. The molecule has 0 saturated heterocycles. The van der Waals surface area contributed by atoms with E-state index in [4.69, 9.17) is 0 Å². The highest BCUT2D eigenvalue weighted by Gasteiger charge is 2.17. The van der Waals surface area contributed by atoms with Crippen LogP contribution in [0.4, 0.5) is 0 Å². The molecule has 0 bridgehead atoms. The van der Waals surface area contributed by atoms with Crippen molar-refractivity contribution >= 4 is 11.1 Å². The first-order valence-corrected chi connectivity index (χ1v) is 10.1. The molecule has 3 atom stereocenters. The van der Waals surface area contributed by atoms with Gasteiger partial charge in [-0.25, -0.2) is 0 Å². The normalized spacial score (nSPS) is 25.8. The lowest BCUT2D eigenvalue weighted by Crippen LogP contribution is -2.09. The zero-order chi connectivity index (χ0) is 16.9. The summed E-state index contributed by atoms with van der Waals surface area (Å²) in [6.45, 7) is 7.08. The maximum Gasteiger partial charge on any atom is -0.0227 e. The molecule has 0 N–H and O–H groups in total. The summed E-state index contributed by atoms with van der Waals surface area (Å²) in [5.41, 5.74) is 6.03. The van der Waals surface area contributed by atoms with Crippen LogP contribution < -0.4 is 0 Å². The molecule has 0 nitrogen and oxygen atoms in total. The van der Waals surface area contributed by atoms with Crippen molar-refractivity contribution in [2.75, 3.05) is 0 Å². The van der Waals surface area contributed by atoms with Crippen molar-refractivity contribution in [2.24, 2.45) is 17.8 Å². The second-order valence-electron chi connectivity index (χ2n) is 8.31. The van der Waals surface area contributed by atoms with E-state index in [1.165, 1.54) is 62.5 Å². The first-order valence-electron chi connectivity index (χ1n) is 10.1. The minimum Gasteiger partial charge on any atom is -0.0805 e. The van der Waals surface area contributed by atoms with E-state index < -0.39 is 0 Å². The summed E-state index contributed by atoms with van der Waals surface area (Å²) in [6.07, 6.45) is 15.5. The van der Waals surface area contributed by atoms with Crippen molar-refractivity contribution in [2.45, 2.75) is 72.1 Å². The Labute approximate surface area is 149 Å². The molecule has 1 aromatic rings. The van der Waals surface area contributed by atoms with E-state index in [0.29, 0.717) is 0 Å². The van der Waals surface area contributed by atoms with Gasteiger partial charge in [-0.2, -0.15) is 0 Å². The Kier molecular flexibility index (Phi) is 5.98. The molecular weight excluding hydrogens is 288 g/mol. The van der Waals surface area contributed by atoms with Gasteiger partial charge in [-0.05, 0) is 85.0 Å². The molecule has 24 heavy (non-hydrogen) atoms. The van der Waals surface area contributed by atoms with Crippen molar-refractivity contribution in [1.29, 1.82) is 0 Å². The zero-order valence-corrected chi connectivity index (χ0v) is 15.9. The summed E-state index contributed by atoms with van der Waals surface area (Å²) in [7, 11) is 0. The Morgan fingerprint density at radius 3 is 1.96 bits per heavy atom. The van der Waals surface area contributed by atoms with Gasteiger partial charge in [0, 0.05) is 0 Å². The summed E-state index contributed by atoms with van der Waals surface area (Å²) in [5.74, 6) is 2.66. The van der Waals surface area contributed by atoms with Gasteiger partial charge in [-0.1, -0.05) is 63.6 Å². The van der Waals surface area contributed by atoms with Crippen molar-refractivity contribution in [3.05, 3.63) is 47.5 Å². The average molecular weight is 323 g/mol. The van der Waals surface area contributed by atoms with E-state index in [0.717, 1.165) is 17.8 Å². The predicted octanol–water partition coefficient (Wildman–Crippen LogP) is 7.51. The zero-order valence-electron chi connectivity index (χ0n) is 15.9. The number of benzene rings is 1. The van der Waals surface area contributed by atoms with Gasteiger partial charge in [-0.3, -0.25) is 0 Å². The smallest absolute Gasteiger partial charge is 0.0227 e. The van der Waals surface area contributed by atoms with Gasteiger partial charge in [0.05, 0.1) is 0 Å². The van der Waals surface area contributed by atoms with Gasteiger partial charge < -0.3 is 0 Å². The van der Waals surface area contributed by atoms with E-state index in [1.54, 1.807) is 11.1 Å². The number of hydrogen-bond acceptors (Lipinski definition) is 0.